The van der Waals surface area contributed by atoms with Crippen LogP contribution in [0.5, 0.6) is 5.75 Å². The van der Waals surface area contributed by atoms with Crippen LogP contribution in [0, 0.1) is 11.8 Å². The summed E-state index contributed by atoms with van der Waals surface area (Å²) in [4.78, 5) is 2.56. The van der Waals surface area contributed by atoms with Crippen molar-refractivity contribution in [3.05, 3.63) is 65.2 Å². The molecule has 6 nitrogen and oxygen atoms in total. The molecule has 3 fully saturated rings. The molecule has 0 unspecified atom stereocenters. The molecule has 2 heterocycles. The van der Waals surface area contributed by atoms with Crippen molar-refractivity contribution in [1.82, 2.24) is 9.21 Å². The number of likely N-dealkylation sites (tertiary alicyclic amines) is 1. The van der Waals surface area contributed by atoms with Crippen LogP contribution in [0.15, 0.2) is 48.5 Å². The minimum Gasteiger partial charge on any atom is -0.487 e. The molecule has 2 saturated carbocycles. The van der Waals surface area contributed by atoms with Crippen LogP contribution < -0.4 is 4.74 Å². The van der Waals surface area contributed by atoms with Crippen LogP contribution in [0.3, 0.4) is 0 Å². The summed E-state index contributed by atoms with van der Waals surface area (Å²) in [7, 11) is -3.61. The van der Waals surface area contributed by atoms with Crippen LogP contribution in [0.4, 0.5) is 0 Å². The number of hydrogen-bond donors (Lipinski definition) is 1. The van der Waals surface area contributed by atoms with Crippen molar-refractivity contribution in [2.75, 3.05) is 19.6 Å². The number of hydrogen-bond acceptors (Lipinski definition) is 5. The Morgan fingerprint density at radius 2 is 1.87 bits per heavy atom. The Hall–Kier alpha value is -1.93. The van der Waals surface area contributed by atoms with Crippen molar-refractivity contribution in [3.63, 3.8) is 0 Å². The van der Waals surface area contributed by atoms with Gasteiger partial charge >= 0.3 is 0 Å². The van der Waals surface area contributed by atoms with E-state index in [0.29, 0.717) is 19.4 Å². The van der Waals surface area contributed by atoms with Gasteiger partial charge in [0.25, 0.3) is 0 Å². The highest BCUT2D eigenvalue weighted by atomic mass is 32.2. The third-order valence-corrected chi connectivity index (χ3v) is 11.9. The van der Waals surface area contributed by atoms with Crippen molar-refractivity contribution in [1.29, 1.82) is 0 Å². The first kappa shape index (κ1) is 25.1. The molecular formula is C31H40N2O4S. The molecule has 2 aromatic carbocycles. The molecule has 7 rings (SSSR count). The van der Waals surface area contributed by atoms with Crippen molar-refractivity contribution >= 4 is 10.0 Å². The van der Waals surface area contributed by atoms with Gasteiger partial charge in [0.2, 0.25) is 10.0 Å². The SMILES string of the molecule is CC(C)CN([C@H]1CC[C@@]2(O)[C@H]3Cc4cccc5c4[C@@]2(CCN3CC2CC2)[C@H]1O5)S(=O)(=O)Cc1ccccc1. The molecule has 38 heavy (non-hydrogen) atoms. The van der Waals surface area contributed by atoms with Gasteiger partial charge in [0.1, 0.15) is 11.9 Å². The van der Waals surface area contributed by atoms with Gasteiger partial charge in [0, 0.05) is 24.7 Å². The van der Waals surface area contributed by atoms with Crippen LogP contribution in [0.25, 0.3) is 0 Å². The first-order valence-corrected chi connectivity index (χ1v) is 16.1. The summed E-state index contributed by atoms with van der Waals surface area (Å²) < 4.78 is 36.7. The van der Waals surface area contributed by atoms with Crippen molar-refractivity contribution < 1.29 is 18.3 Å². The smallest absolute Gasteiger partial charge is 0.218 e. The molecule has 0 radical (unpaired) electrons. The maximum atomic E-state index is 14.1. The molecule has 2 aromatic rings. The summed E-state index contributed by atoms with van der Waals surface area (Å²) in [6.45, 7) is 6.62. The first-order chi connectivity index (χ1) is 18.2. The molecule has 5 aliphatic rings. The van der Waals surface area contributed by atoms with Gasteiger partial charge in [-0.1, -0.05) is 56.3 Å². The van der Waals surface area contributed by atoms with E-state index in [4.69, 9.17) is 4.74 Å². The monoisotopic (exact) mass is 536 g/mol. The van der Waals surface area contributed by atoms with E-state index in [-0.39, 0.29) is 29.9 Å². The Bertz CT molecular complexity index is 1330. The normalized spacial score (nSPS) is 33.9. The topological polar surface area (TPSA) is 70.1 Å². The summed E-state index contributed by atoms with van der Waals surface area (Å²) >= 11 is 0. The second kappa shape index (κ2) is 8.79. The van der Waals surface area contributed by atoms with Crippen LogP contribution in [-0.4, -0.2) is 66.2 Å². The Kier molecular flexibility index (Phi) is 5.80. The van der Waals surface area contributed by atoms with Gasteiger partial charge in [-0.2, -0.15) is 4.31 Å². The second-order valence-electron chi connectivity index (χ2n) is 12.9. The molecule has 3 aliphatic carbocycles. The molecule has 2 aliphatic heterocycles. The Balaban J connectivity index is 1.31. The molecular weight excluding hydrogens is 496 g/mol. The van der Waals surface area contributed by atoms with E-state index < -0.39 is 21.0 Å². The average Bonchev–Trinajstić information content (AvgIpc) is 3.62. The van der Waals surface area contributed by atoms with Crippen LogP contribution in [0.1, 0.15) is 62.6 Å². The lowest BCUT2D eigenvalue weighted by Crippen LogP contribution is -2.78. The predicted octanol–water partition coefficient (Wildman–Crippen LogP) is 4.11. The van der Waals surface area contributed by atoms with Crippen molar-refractivity contribution in [2.45, 2.75) is 87.3 Å². The van der Waals surface area contributed by atoms with E-state index in [1.807, 2.05) is 36.4 Å². The third kappa shape index (κ3) is 3.65. The fourth-order valence-corrected chi connectivity index (χ4v) is 10.3. The molecule has 7 heteroatoms. The van der Waals surface area contributed by atoms with Crippen molar-refractivity contribution in [2.24, 2.45) is 11.8 Å². The second-order valence-corrected chi connectivity index (χ2v) is 14.9. The maximum Gasteiger partial charge on any atom is 0.218 e. The molecule has 1 N–H and O–H groups in total. The summed E-state index contributed by atoms with van der Waals surface area (Å²) in [6.07, 6.45) is 5.08. The lowest BCUT2D eigenvalue weighted by Gasteiger charge is -2.64. The Morgan fingerprint density at radius 3 is 2.61 bits per heavy atom. The van der Waals surface area contributed by atoms with E-state index in [1.54, 1.807) is 4.31 Å². The highest BCUT2D eigenvalue weighted by molar-refractivity contribution is 7.88. The molecule has 2 bridgehead atoms. The Morgan fingerprint density at radius 1 is 1.08 bits per heavy atom. The van der Waals surface area contributed by atoms with E-state index in [2.05, 4.69) is 30.9 Å². The van der Waals surface area contributed by atoms with E-state index in [9.17, 15) is 13.5 Å². The minimum atomic E-state index is -3.61. The van der Waals surface area contributed by atoms with Crippen LogP contribution in [-0.2, 0) is 27.6 Å². The molecule has 0 amide bonds. The van der Waals surface area contributed by atoms with Crippen molar-refractivity contribution in [3.8, 4) is 5.75 Å². The highest BCUT2D eigenvalue weighted by Gasteiger charge is 2.73. The van der Waals surface area contributed by atoms with Gasteiger partial charge in [0.05, 0.1) is 22.8 Å². The standard InChI is InChI=1S/C31H40N2O4S/c1-21(2)18-33(38(35,36)20-23-7-4-3-5-8-23)25-13-14-31(34)27-17-24-9-6-10-26-28(24)30(31,29(25)37-26)15-16-32(27)19-22-11-12-22/h3-10,21-22,25,27,29,34H,11-20H2,1-2H3/t25-,27+,29-,30-,31+/m0/s1. The highest BCUT2D eigenvalue weighted by Crippen LogP contribution is 2.64. The van der Waals surface area contributed by atoms with E-state index in [0.717, 1.165) is 43.2 Å². The number of piperidine rings is 1. The van der Waals surface area contributed by atoms with Crippen LogP contribution in [0.2, 0.25) is 0 Å². The summed E-state index contributed by atoms with van der Waals surface area (Å²) in [5.41, 5.74) is 1.78. The maximum absolute atomic E-state index is 14.1. The van der Waals surface area contributed by atoms with E-state index >= 15 is 0 Å². The predicted molar refractivity (Wildman–Crippen MR) is 148 cm³/mol. The van der Waals surface area contributed by atoms with Gasteiger partial charge in [-0.05, 0) is 74.1 Å². The number of rotatable bonds is 8. The summed E-state index contributed by atoms with van der Waals surface area (Å²) in [5.74, 6) is 1.78. The number of ether oxygens (including phenoxy) is 1. The number of nitrogens with zero attached hydrogens (tertiary/aromatic N) is 2. The molecule has 1 saturated heterocycles. The zero-order valence-electron chi connectivity index (χ0n) is 22.6. The average molecular weight is 537 g/mol. The number of aliphatic hydroxyl groups is 1. The molecule has 1 spiro atoms. The largest absolute Gasteiger partial charge is 0.487 e. The van der Waals surface area contributed by atoms with Crippen LogP contribution >= 0.6 is 0 Å². The quantitative estimate of drug-likeness (QED) is 0.550. The van der Waals surface area contributed by atoms with Gasteiger partial charge in [-0.25, -0.2) is 8.42 Å². The Labute approximate surface area is 227 Å². The zero-order chi connectivity index (χ0) is 26.3. The minimum absolute atomic E-state index is 0.0168. The lowest BCUT2D eigenvalue weighted by molar-refractivity contribution is -0.196. The number of sulfonamides is 1. The third-order valence-electron chi connectivity index (χ3n) is 10.1. The first-order valence-electron chi connectivity index (χ1n) is 14.5. The molecule has 5 atom stereocenters. The molecule has 0 aromatic heterocycles. The van der Waals surface area contributed by atoms with Gasteiger partial charge in [0.15, 0.2) is 0 Å². The van der Waals surface area contributed by atoms with E-state index in [1.165, 1.54) is 24.0 Å². The fourth-order valence-electron chi connectivity index (χ4n) is 8.40. The zero-order valence-corrected chi connectivity index (χ0v) is 23.4. The summed E-state index contributed by atoms with van der Waals surface area (Å²) in [5, 5.41) is 12.7. The molecule has 204 valence electrons. The fraction of sp³-hybridized carbons (Fsp3) is 0.613. The van der Waals surface area contributed by atoms with Gasteiger partial charge in [-0.3, -0.25) is 4.90 Å². The number of benzene rings is 2. The summed E-state index contributed by atoms with van der Waals surface area (Å²) in [6, 6.07) is 15.6. The van der Waals surface area contributed by atoms with Gasteiger partial charge < -0.3 is 9.84 Å². The lowest BCUT2D eigenvalue weighted by atomic mass is 9.48. The van der Waals surface area contributed by atoms with Gasteiger partial charge in [-0.15, -0.1) is 0 Å².